The zero-order valence-corrected chi connectivity index (χ0v) is 15.0. The van der Waals surface area contributed by atoms with Crippen LogP contribution in [-0.2, 0) is 9.53 Å². The van der Waals surface area contributed by atoms with Gasteiger partial charge in [-0.15, -0.1) is 0 Å². The van der Waals surface area contributed by atoms with Crippen LogP contribution in [0.4, 0.5) is 4.79 Å². The standard InChI is InChI=1S/C18H30N2O4/c1-18(2,3)15-10-12(8-9-19(15)17(22)23)20-13-6-4-5-7-14(13)24-11-16(20)21/h12-15H,4-11H2,1-3H3,(H,22,23)/t12?,13-,14-,15?/m0/s1. The Bertz CT molecular complexity index is 502. The number of nitrogens with zero attached hydrogens (tertiary/aromatic N) is 2. The van der Waals surface area contributed by atoms with Gasteiger partial charge in [-0.2, -0.15) is 0 Å². The molecule has 2 unspecified atom stereocenters. The molecule has 0 aromatic rings. The number of likely N-dealkylation sites (tertiary alicyclic amines) is 1. The van der Waals surface area contributed by atoms with E-state index in [0.717, 1.165) is 32.1 Å². The van der Waals surface area contributed by atoms with E-state index in [0.29, 0.717) is 6.54 Å². The Balaban J connectivity index is 1.80. The number of ether oxygens (including phenoxy) is 1. The summed E-state index contributed by atoms with van der Waals surface area (Å²) < 4.78 is 5.77. The highest BCUT2D eigenvalue weighted by Crippen LogP contribution is 2.37. The molecular weight excluding hydrogens is 308 g/mol. The molecule has 3 rings (SSSR count). The largest absolute Gasteiger partial charge is 0.465 e. The van der Waals surface area contributed by atoms with Crippen LogP contribution in [0.3, 0.4) is 0 Å². The molecule has 0 bridgehead atoms. The summed E-state index contributed by atoms with van der Waals surface area (Å²) in [5.41, 5.74) is -0.141. The second kappa shape index (κ2) is 6.54. The van der Waals surface area contributed by atoms with Crippen molar-refractivity contribution in [1.29, 1.82) is 0 Å². The van der Waals surface area contributed by atoms with Crippen molar-refractivity contribution in [3.05, 3.63) is 0 Å². The molecule has 3 aliphatic rings. The lowest BCUT2D eigenvalue weighted by Crippen LogP contribution is -2.63. The molecule has 6 nitrogen and oxygen atoms in total. The van der Waals surface area contributed by atoms with E-state index in [4.69, 9.17) is 4.74 Å². The molecule has 0 aromatic heterocycles. The molecular formula is C18H30N2O4. The lowest BCUT2D eigenvalue weighted by Gasteiger charge is -2.52. The van der Waals surface area contributed by atoms with E-state index in [9.17, 15) is 14.7 Å². The van der Waals surface area contributed by atoms with Gasteiger partial charge in [0.15, 0.2) is 0 Å². The van der Waals surface area contributed by atoms with Gasteiger partial charge in [-0.25, -0.2) is 4.79 Å². The van der Waals surface area contributed by atoms with E-state index in [2.05, 4.69) is 25.7 Å². The van der Waals surface area contributed by atoms with E-state index in [1.165, 1.54) is 6.42 Å². The molecule has 1 saturated carbocycles. The van der Waals surface area contributed by atoms with Crippen LogP contribution in [0.2, 0.25) is 0 Å². The molecule has 0 radical (unpaired) electrons. The van der Waals surface area contributed by atoms with Gasteiger partial charge in [-0.1, -0.05) is 33.6 Å². The number of hydrogen-bond donors (Lipinski definition) is 1. The minimum absolute atomic E-state index is 0.0635. The first-order valence-corrected chi connectivity index (χ1v) is 9.21. The van der Waals surface area contributed by atoms with Gasteiger partial charge in [0.2, 0.25) is 5.91 Å². The number of morpholine rings is 1. The number of piperidine rings is 1. The molecule has 2 saturated heterocycles. The Hall–Kier alpha value is -1.30. The number of carbonyl (C=O) groups is 2. The fraction of sp³-hybridized carbons (Fsp3) is 0.889. The molecule has 2 amide bonds. The zero-order chi connectivity index (χ0) is 17.5. The van der Waals surface area contributed by atoms with Crippen molar-refractivity contribution in [3.8, 4) is 0 Å². The van der Waals surface area contributed by atoms with Gasteiger partial charge in [0.05, 0.1) is 12.1 Å². The molecule has 4 atom stereocenters. The number of rotatable bonds is 1. The fourth-order valence-corrected chi connectivity index (χ4v) is 4.75. The Kier molecular flexibility index (Phi) is 4.78. The molecule has 0 aromatic carbocycles. The first kappa shape index (κ1) is 17.5. The van der Waals surface area contributed by atoms with E-state index in [1.807, 2.05) is 0 Å². The van der Waals surface area contributed by atoms with Gasteiger partial charge in [0.1, 0.15) is 6.61 Å². The minimum Gasteiger partial charge on any atom is -0.465 e. The molecule has 2 aliphatic heterocycles. The van der Waals surface area contributed by atoms with Crippen LogP contribution in [0.5, 0.6) is 0 Å². The molecule has 3 fully saturated rings. The molecule has 1 N–H and O–H groups in total. The predicted molar refractivity (Wildman–Crippen MR) is 89.8 cm³/mol. The van der Waals surface area contributed by atoms with Crippen LogP contribution in [-0.4, -0.2) is 64.3 Å². The van der Waals surface area contributed by atoms with Crippen molar-refractivity contribution in [2.45, 2.75) is 83.5 Å². The number of carboxylic acid groups (broad SMARTS) is 1. The summed E-state index contributed by atoms with van der Waals surface area (Å²) in [5.74, 6) is 0.0829. The normalized spacial score (nSPS) is 34.9. The second-order valence-electron chi connectivity index (χ2n) is 8.54. The van der Waals surface area contributed by atoms with Crippen molar-refractivity contribution in [3.63, 3.8) is 0 Å². The topological polar surface area (TPSA) is 70.1 Å². The highest BCUT2D eigenvalue weighted by Gasteiger charge is 2.46. The first-order valence-electron chi connectivity index (χ1n) is 9.21. The third kappa shape index (κ3) is 3.25. The van der Waals surface area contributed by atoms with E-state index in [-0.39, 0.29) is 42.2 Å². The summed E-state index contributed by atoms with van der Waals surface area (Å²) >= 11 is 0. The quantitative estimate of drug-likeness (QED) is 0.798. The van der Waals surface area contributed by atoms with Crippen LogP contribution in [0, 0.1) is 5.41 Å². The summed E-state index contributed by atoms with van der Waals surface area (Å²) in [6, 6.07) is 0.250. The summed E-state index contributed by atoms with van der Waals surface area (Å²) in [6.07, 6.45) is 5.13. The van der Waals surface area contributed by atoms with Crippen LogP contribution in [0.1, 0.15) is 59.3 Å². The summed E-state index contributed by atoms with van der Waals surface area (Å²) in [6.45, 7) is 6.94. The maximum absolute atomic E-state index is 12.6. The monoisotopic (exact) mass is 338 g/mol. The summed E-state index contributed by atoms with van der Waals surface area (Å²) in [7, 11) is 0. The number of carbonyl (C=O) groups excluding carboxylic acids is 1. The Labute approximate surface area is 144 Å². The summed E-state index contributed by atoms with van der Waals surface area (Å²) in [4.78, 5) is 27.8. The lowest BCUT2D eigenvalue weighted by molar-refractivity contribution is -0.168. The number of amides is 2. The van der Waals surface area contributed by atoms with Crippen molar-refractivity contribution in [2.24, 2.45) is 5.41 Å². The third-order valence-corrected chi connectivity index (χ3v) is 5.95. The highest BCUT2D eigenvalue weighted by molar-refractivity contribution is 5.79. The van der Waals surface area contributed by atoms with Crippen LogP contribution < -0.4 is 0 Å². The van der Waals surface area contributed by atoms with Gasteiger partial charge >= 0.3 is 6.09 Å². The van der Waals surface area contributed by atoms with Gasteiger partial charge in [0, 0.05) is 18.6 Å². The van der Waals surface area contributed by atoms with Gasteiger partial charge in [-0.05, 0) is 31.1 Å². The minimum atomic E-state index is -0.850. The average Bonchev–Trinajstić information content (AvgIpc) is 2.53. The van der Waals surface area contributed by atoms with Crippen LogP contribution >= 0.6 is 0 Å². The number of hydrogen-bond acceptors (Lipinski definition) is 3. The average molecular weight is 338 g/mol. The SMILES string of the molecule is CC(C)(C)C1CC(N2C(=O)CO[C@H]3CCCC[C@@H]32)CCN1C(=O)O. The van der Waals surface area contributed by atoms with Crippen molar-refractivity contribution >= 4 is 12.0 Å². The molecule has 2 heterocycles. The number of fused-ring (bicyclic) bond motifs is 1. The van der Waals surface area contributed by atoms with Crippen molar-refractivity contribution in [1.82, 2.24) is 9.80 Å². The van der Waals surface area contributed by atoms with Crippen LogP contribution in [0.25, 0.3) is 0 Å². The fourth-order valence-electron chi connectivity index (χ4n) is 4.75. The molecule has 136 valence electrons. The highest BCUT2D eigenvalue weighted by atomic mass is 16.5. The second-order valence-corrected chi connectivity index (χ2v) is 8.54. The van der Waals surface area contributed by atoms with Crippen molar-refractivity contribution in [2.75, 3.05) is 13.2 Å². The Morgan fingerprint density at radius 3 is 2.58 bits per heavy atom. The van der Waals surface area contributed by atoms with Gasteiger partial charge in [0.25, 0.3) is 0 Å². The molecule has 6 heteroatoms. The van der Waals surface area contributed by atoms with E-state index < -0.39 is 6.09 Å². The maximum Gasteiger partial charge on any atom is 0.407 e. The maximum atomic E-state index is 12.6. The lowest BCUT2D eigenvalue weighted by atomic mass is 9.78. The van der Waals surface area contributed by atoms with Crippen molar-refractivity contribution < 1.29 is 19.4 Å². The third-order valence-electron chi connectivity index (χ3n) is 5.95. The molecule has 24 heavy (non-hydrogen) atoms. The van der Waals surface area contributed by atoms with E-state index >= 15 is 0 Å². The Morgan fingerprint density at radius 1 is 1.21 bits per heavy atom. The van der Waals surface area contributed by atoms with E-state index in [1.54, 1.807) is 4.90 Å². The van der Waals surface area contributed by atoms with Gasteiger partial charge in [-0.3, -0.25) is 4.79 Å². The smallest absolute Gasteiger partial charge is 0.407 e. The van der Waals surface area contributed by atoms with Gasteiger partial charge < -0.3 is 19.6 Å². The molecule has 0 spiro atoms. The summed E-state index contributed by atoms with van der Waals surface area (Å²) in [5, 5.41) is 9.53. The predicted octanol–water partition coefficient (Wildman–Crippen LogP) is 2.71. The van der Waals surface area contributed by atoms with Crippen LogP contribution in [0.15, 0.2) is 0 Å². The first-order chi connectivity index (χ1) is 11.3. The Morgan fingerprint density at radius 2 is 1.92 bits per heavy atom. The zero-order valence-electron chi connectivity index (χ0n) is 15.0. The molecule has 1 aliphatic carbocycles.